The van der Waals surface area contributed by atoms with Crippen LogP contribution in [0.2, 0.25) is 0 Å². The first-order valence-electron chi connectivity index (χ1n) is 8.82. The van der Waals surface area contributed by atoms with Crippen LogP contribution in [0.15, 0.2) is 84.0 Å². The number of nitrogens with zero attached hydrogens (tertiary/aromatic N) is 2. The zero-order valence-corrected chi connectivity index (χ0v) is 16.1. The van der Waals surface area contributed by atoms with Crippen LogP contribution in [-0.2, 0) is 6.61 Å². The molecule has 5 nitrogen and oxygen atoms in total. The number of pyridine rings is 1. The Morgan fingerprint density at radius 3 is 2.75 bits per heavy atom. The maximum absolute atomic E-state index is 12.5. The summed E-state index contributed by atoms with van der Waals surface area (Å²) in [6.07, 6.45) is 5.90. The number of carbonyl (C=O) groups is 1. The van der Waals surface area contributed by atoms with Crippen molar-refractivity contribution in [3.63, 3.8) is 0 Å². The molecule has 0 aliphatic rings. The standard InChI is InChI=1S/C22H19N3O2S/c1-28-20-10-8-17(9-11-20)24-22(26)16-5-4-6-19(13-16)27-15-18-14-25-12-3-2-7-21(25)23-18/h2-14H,15H2,1H3,(H,24,26). The van der Waals surface area contributed by atoms with Crippen LogP contribution in [0.5, 0.6) is 5.75 Å². The molecule has 0 radical (unpaired) electrons. The number of amides is 1. The molecule has 6 heteroatoms. The minimum absolute atomic E-state index is 0.171. The molecule has 4 rings (SSSR count). The van der Waals surface area contributed by atoms with Crippen molar-refractivity contribution in [2.75, 3.05) is 11.6 Å². The van der Waals surface area contributed by atoms with Gasteiger partial charge in [-0.05, 0) is 60.9 Å². The summed E-state index contributed by atoms with van der Waals surface area (Å²) in [6, 6.07) is 20.7. The summed E-state index contributed by atoms with van der Waals surface area (Å²) in [4.78, 5) is 18.2. The number of hydrogen-bond donors (Lipinski definition) is 1. The number of fused-ring (bicyclic) bond motifs is 1. The van der Waals surface area contributed by atoms with Crippen LogP contribution in [-0.4, -0.2) is 21.5 Å². The smallest absolute Gasteiger partial charge is 0.255 e. The third-order valence-electron chi connectivity index (χ3n) is 4.24. The summed E-state index contributed by atoms with van der Waals surface area (Å²) in [6.45, 7) is 0.336. The van der Waals surface area contributed by atoms with Gasteiger partial charge in [0.25, 0.3) is 5.91 Å². The van der Waals surface area contributed by atoms with E-state index in [0.29, 0.717) is 17.9 Å². The van der Waals surface area contributed by atoms with Crippen molar-refractivity contribution in [3.8, 4) is 5.75 Å². The lowest BCUT2D eigenvalue weighted by atomic mass is 10.2. The molecule has 0 saturated carbocycles. The summed E-state index contributed by atoms with van der Waals surface area (Å²) in [5.74, 6) is 0.456. The number of nitrogens with one attached hydrogen (secondary N) is 1. The van der Waals surface area contributed by atoms with Crippen molar-refractivity contribution in [2.45, 2.75) is 11.5 Å². The van der Waals surface area contributed by atoms with Gasteiger partial charge in [-0.1, -0.05) is 12.1 Å². The number of benzene rings is 2. The summed E-state index contributed by atoms with van der Waals surface area (Å²) < 4.78 is 7.78. The predicted molar refractivity (Wildman–Crippen MR) is 112 cm³/mol. The number of anilines is 1. The van der Waals surface area contributed by atoms with Gasteiger partial charge in [0.15, 0.2) is 0 Å². The Morgan fingerprint density at radius 2 is 1.96 bits per heavy atom. The zero-order chi connectivity index (χ0) is 19.3. The number of aromatic nitrogens is 2. The van der Waals surface area contributed by atoms with Gasteiger partial charge in [-0.15, -0.1) is 11.8 Å². The number of imidazole rings is 1. The normalized spacial score (nSPS) is 10.8. The van der Waals surface area contributed by atoms with E-state index in [9.17, 15) is 4.79 Å². The van der Waals surface area contributed by atoms with Gasteiger partial charge in [0, 0.05) is 28.5 Å². The van der Waals surface area contributed by atoms with Crippen LogP contribution in [0.25, 0.3) is 5.65 Å². The fourth-order valence-corrected chi connectivity index (χ4v) is 3.23. The maximum Gasteiger partial charge on any atom is 0.255 e. The summed E-state index contributed by atoms with van der Waals surface area (Å²) in [7, 11) is 0. The first-order chi connectivity index (χ1) is 13.7. The van der Waals surface area contributed by atoms with E-state index in [4.69, 9.17) is 4.74 Å². The van der Waals surface area contributed by atoms with Crippen LogP contribution in [0, 0.1) is 0 Å². The minimum atomic E-state index is -0.171. The van der Waals surface area contributed by atoms with Crippen LogP contribution in [0.3, 0.4) is 0 Å². The molecule has 1 amide bonds. The Balaban J connectivity index is 1.42. The maximum atomic E-state index is 12.5. The molecule has 2 aromatic carbocycles. The van der Waals surface area contributed by atoms with Crippen molar-refractivity contribution < 1.29 is 9.53 Å². The molecule has 0 spiro atoms. The molecule has 0 bridgehead atoms. The van der Waals surface area contributed by atoms with E-state index >= 15 is 0 Å². The molecule has 4 aromatic rings. The molecule has 28 heavy (non-hydrogen) atoms. The molecule has 1 N–H and O–H groups in total. The van der Waals surface area contributed by atoms with Gasteiger partial charge in [0.05, 0.1) is 5.69 Å². The van der Waals surface area contributed by atoms with E-state index in [2.05, 4.69) is 10.3 Å². The number of rotatable bonds is 6. The lowest BCUT2D eigenvalue weighted by Gasteiger charge is -2.08. The highest BCUT2D eigenvalue weighted by Crippen LogP contribution is 2.20. The quantitative estimate of drug-likeness (QED) is 0.477. The fourth-order valence-electron chi connectivity index (χ4n) is 2.82. The molecular formula is C22H19N3O2S. The molecule has 0 unspecified atom stereocenters. The van der Waals surface area contributed by atoms with Gasteiger partial charge in [0.1, 0.15) is 18.0 Å². The second-order valence-electron chi connectivity index (χ2n) is 6.20. The van der Waals surface area contributed by atoms with Gasteiger partial charge in [-0.3, -0.25) is 4.79 Å². The molecule has 2 heterocycles. The van der Waals surface area contributed by atoms with Gasteiger partial charge >= 0.3 is 0 Å². The van der Waals surface area contributed by atoms with E-state index in [1.165, 1.54) is 0 Å². The molecule has 2 aromatic heterocycles. The average Bonchev–Trinajstić information content (AvgIpc) is 3.16. The van der Waals surface area contributed by atoms with Gasteiger partial charge in [0.2, 0.25) is 0 Å². The minimum Gasteiger partial charge on any atom is -0.487 e. The van der Waals surface area contributed by atoms with Crippen molar-refractivity contribution in [1.29, 1.82) is 0 Å². The highest BCUT2D eigenvalue weighted by molar-refractivity contribution is 7.98. The van der Waals surface area contributed by atoms with Crippen molar-refractivity contribution >= 4 is 29.0 Å². The monoisotopic (exact) mass is 389 g/mol. The number of ether oxygens (including phenoxy) is 1. The van der Waals surface area contributed by atoms with E-state index < -0.39 is 0 Å². The zero-order valence-electron chi connectivity index (χ0n) is 15.3. The molecule has 0 aliphatic carbocycles. The number of thioether (sulfide) groups is 1. The fraction of sp³-hybridized carbons (Fsp3) is 0.0909. The highest BCUT2D eigenvalue weighted by atomic mass is 32.2. The van der Waals surface area contributed by atoms with Gasteiger partial charge in [-0.25, -0.2) is 4.98 Å². The lowest BCUT2D eigenvalue weighted by Crippen LogP contribution is -2.11. The average molecular weight is 389 g/mol. The molecular weight excluding hydrogens is 370 g/mol. The molecule has 140 valence electrons. The van der Waals surface area contributed by atoms with Crippen LogP contribution in [0.4, 0.5) is 5.69 Å². The number of hydrogen-bond acceptors (Lipinski definition) is 4. The number of carbonyl (C=O) groups excluding carboxylic acids is 1. The first kappa shape index (κ1) is 18.1. The third-order valence-corrected chi connectivity index (χ3v) is 4.99. The van der Waals surface area contributed by atoms with Crippen LogP contribution < -0.4 is 10.1 Å². The Kier molecular flexibility index (Phi) is 5.30. The Labute approximate surface area is 167 Å². The Hall–Kier alpha value is -3.25. The summed E-state index contributed by atoms with van der Waals surface area (Å²) in [5, 5.41) is 2.91. The lowest BCUT2D eigenvalue weighted by molar-refractivity contribution is 0.102. The van der Waals surface area contributed by atoms with Crippen LogP contribution in [0.1, 0.15) is 16.1 Å². The van der Waals surface area contributed by atoms with Crippen molar-refractivity contribution in [3.05, 3.63) is 90.4 Å². The van der Waals surface area contributed by atoms with E-state index in [1.54, 1.807) is 23.9 Å². The third kappa shape index (κ3) is 4.18. The Bertz CT molecular complexity index is 1070. The molecule has 0 aliphatic heterocycles. The Morgan fingerprint density at radius 1 is 1.11 bits per heavy atom. The van der Waals surface area contributed by atoms with E-state index in [-0.39, 0.29) is 5.91 Å². The SMILES string of the molecule is CSc1ccc(NC(=O)c2cccc(OCc3cn4ccccc4n3)c2)cc1. The predicted octanol–water partition coefficient (Wildman–Crippen LogP) is 4.89. The second-order valence-corrected chi connectivity index (χ2v) is 7.08. The highest BCUT2D eigenvalue weighted by Gasteiger charge is 2.08. The van der Waals surface area contributed by atoms with Gasteiger partial charge in [-0.2, -0.15) is 0 Å². The molecule has 0 atom stereocenters. The molecule has 0 fully saturated rings. The summed E-state index contributed by atoms with van der Waals surface area (Å²) >= 11 is 1.66. The summed E-state index contributed by atoms with van der Waals surface area (Å²) in [5.41, 5.74) is 3.01. The van der Waals surface area contributed by atoms with Crippen LogP contribution >= 0.6 is 11.8 Å². The second kappa shape index (κ2) is 8.19. The van der Waals surface area contributed by atoms with Crippen molar-refractivity contribution in [2.24, 2.45) is 0 Å². The van der Waals surface area contributed by atoms with E-state index in [0.717, 1.165) is 21.9 Å². The van der Waals surface area contributed by atoms with Gasteiger partial charge < -0.3 is 14.5 Å². The topological polar surface area (TPSA) is 55.6 Å². The van der Waals surface area contributed by atoms with Crippen molar-refractivity contribution in [1.82, 2.24) is 9.38 Å². The molecule has 0 saturated heterocycles. The van der Waals surface area contributed by atoms with E-state index in [1.807, 2.05) is 77.6 Å². The largest absolute Gasteiger partial charge is 0.487 e. The first-order valence-corrected chi connectivity index (χ1v) is 10.0.